The van der Waals surface area contributed by atoms with E-state index in [9.17, 15) is 5.11 Å². The SMILES string of the molecule is CC(O)(C1CCCCC1)[C@@H]1CCCCN1. The maximum Gasteiger partial charge on any atom is 0.0799 e. The van der Waals surface area contributed by atoms with E-state index in [1.165, 1.54) is 44.9 Å². The summed E-state index contributed by atoms with van der Waals surface area (Å²) in [6.07, 6.45) is 10.2. The molecule has 2 heteroatoms. The number of rotatable bonds is 2. The van der Waals surface area contributed by atoms with Crippen LogP contribution in [0.2, 0.25) is 0 Å². The monoisotopic (exact) mass is 211 g/mol. The summed E-state index contributed by atoms with van der Waals surface area (Å²) in [6, 6.07) is 0.342. The van der Waals surface area contributed by atoms with Crippen LogP contribution in [0, 0.1) is 5.92 Å². The normalized spacial score (nSPS) is 33.6. The van der Waals surface area contributed by atoms with Gasteiger partial charge in [0.25, 0.3) is 0 Å². The van der Waals surface area contributed by atoms with Gasteiger partial charge in [0.1, 0.15) is 0 Å². The molecule has 1 saturated heterocycles. The van der Waals surface area contributed by atoms with Crippen molar-refractivity contribution in [3.8, 4) is 0 Å². The average molecular weight is 211 g/mol. The van der Waals surface area contributed by atoms with Crippen molar-refractivity contribution in [2.75, 3.05) is 6.54 Å². The first-order valence-electron chi connectivity index (χ1n) is 6.67. The molecule has 88 valence electrons. The summed E-state index contributed by atoms with van der Waals surface area (Å²) in [5.41, 5.74) is -0.471. The standard InChI is InChI=1S/C13H25NO/c1-13(15,11-7-3-2-4-8-11)12-9-5-6-10-14-12/h11-12,14-15H,2-10H2,1H3/t12-,13?/m0/s1. The van der Waals surface area contributed by atoms with E-state index in [0.29, 0.717) is 12.0 Å². The molecule has 2 N–H and O–H groups in total. The second-order valence-electron chi connectivity index (χ2n) is 5.56. The van der Waals surface area contributed by atoms with Crippen LogP contribution >= 0.6 is 0 Å². The van der Waals surface area contributed by atoms with Crippen molar-refractivity contribution in [3.63, 3.8) is 0 Å². The molecule has 2 atom stereocenters. The second-order valence-corrected chi connectivity index (χ2v) is 5.56. The molecule has 2 nitrogen and oxygen atoms in total. The molecule has 2 fully saturated rings. The Hall–Kier alpha value is -0.0800. The van der Waals surface area contributed by atoms with Gasteiger partial charge >= 0.3 is 0 Å². The first-order chi connectivity index (χ1) is 7.21. The molecule has 2 aliphatic rings. The van der Waals surface area contributed by atoms with E-state index in [2.05, 4.69) is 12.2 Å². The highest BCUT2D eigenvalue weighted by molar-refractivity contribution is 4.95. The molecule has 0 radical (unpaired) electrons. The van der Waals surface area contributed by atoms with Gasteiger partial charge in [0.15, 0.2) is 0 Å². The zero-order chi connectivity index (χ0) is 10.7. The van der Waals surface area contributed by atoms with Crippen molar-refractivity contribution in [1.29, 1.82) is 0 Å². The van der Waals surface area contributed by atoms with E-state index in [4.69, 9.17) is 0 Å². The van der Waals surface area contributed by atoms with Gasteiger partial charge in [0.05, 0.1) is 5.60 Å². The van der Waals surface area contributed by atoms with E-state index in [1.54, 1.807) is 0 Å². The van der Waals surface area contributed by atoms with Crippen molar-refractivity contribution >= 4 is 0 Å². The maximum absolute atomic E-state index is 10.7. The average Bonchev–Trinajstić information content (AvgIpc) is 2.31. The smallest absolute Gasteiger partial charge is 0.0799 e. The van der Waals surface area contributed by atoms with Gasteiger partial charge in [0.2, 0.25) is 0 Å². The minimum atomic E-state index is -0.471. The van der Waals surface area contributed by atoms with Crippen LogP contribution in [-0.2, 0) is 0 Å². The fraction of sp³-hybridized carbons (Fsp3) is 1.00. The van der Waals surface area contributed by atoms with Crippen LogP contribution in [0.15, 0.2) is 0 Å². The summed E-state index contributed by atoms with van der Waals surface area (Å²) in [6.45, 7) is 3.15. The van der Waals surface area contributed by atoms with E-state index in [-0.39, 0.29) is 0 Å². The van der Waals surface area contributed by atoms with Crippen LogP contribution in [0.4, 0.5) is 0 Å². The van der Waals surface area contributed by atoms with Gasteiger partial charge in [-0.1, -0.05) is 25.7 Å². The number of nitrogens with one attached hydrogen (secondary N) is 1. The topological polar surface area (TPSA) is 32.3 Å². The van der Waals surface area contributed by atoms with Crippen LogP contribution < -0.4 is 5.32 Å². The third-order valence-corrected chi connectivity index (χ3v) is 4.45. The number of piperidine rings is 1. The Morgan fingerprint density at radius 2 is 1.67 bits per heavy atom. The number of hydrogen-bond acceptors (Lipinski definition) is 2. The molecule has 15 heavy (non-hydrogen) atoms. The highest BCUT2D eigenvalue weighted by Gasteiger charge is 2.40. The molecule has 0 aromatic heterocycles. The second kappa shape index (κ2) is 4.84. The van der Waals surface area contributed by atoms with Crippen LogP contribution in [0.3, 0.4) is 0 Å². The summed E-state index contributed by atoms with van der Waals surface area (Å²) >= 11 is 0. The lowest BCUT2D eigenvalue weighted by Crippen LogP contribution is -2.55. The predicted octanol–water partition coefficient (Wildman–Crippen LogP) is 2.46. The molecule has 0 bridgehead atoms. The maximum atomic E-state index is 10.7. The molecule has 2 rings (SSSR count). The van der Waals surface area contributed by atoms with E-state index in [1.807, 2.05) is 0 Å². The first kappa shape index (κ1) is 11.4. The van der Waals surface area contributed by atoms with Crippen LogP contribution in [-0.4, -0.2) is 23.3 Å². The van der Waals surface area contributed by atoms with E-state index in [0.717, 1.165) is 13.0 Å². The summed E-state index contributed by atoms with van der Waals surface area (Å²) in [5.74, 6) is 0.529. The molecule has 0 amide bonds. The summed E-state index contributed by atoms with van der Waals surface area (Å²) < 4.78 is 0. The summed E-state index contributed by atoms with van der Waals surface area (Å²) in [4.78, 5) is 0. The molecule has 1 heterocycles. The fourth-order valence-electron chi connectivity index (χ4n) is 3.32. The molecular formula is C13H25NO. The lowest BCUT2D eigenvalue weighted by Gasteiger charge is -2.43. The largest absolute Gasteiger partial charge is 0.388 e. The third-order valence-electron chi connectivity index (χ3n) is 4.45. The van der Waals surface area contributed by atoms with Crippen LogP contribution in [0.1, 0.15) is 58.3 Å². The molecule has 0 aromatic rings. The molecular weight excluding hydrogens is 186 g/mol. The molecule has 0 spiro atoms. The van der Waals surface area contributed by atoms with Crippen molar-refractivity contribution < 1.29 is 5.11 Å². The van der Waals surface area contributed by atoms with Crippen molar-refractivity contribution in [3.05, 3.63) is 0 Å². The highest BCUT2D eigenvalue weighted by atomic mass is 16.3. The van der Waals surface area contributed by atoms with Crippen molar-refractivity contribution in [1.82, 2.24) is 5.32 Å². The van der Waals surface area contributed by atoms with Crippen molar-refractivity contribution in [2.24, 2.45) is 5.92 Å². The predicted molar refractivity (Wildman–Crippen MR) is 62.8 cm³/mol. The summed E-state index contributed by atoms with van der Waals surface area (Å²) in [7, 11) is 0. The van der Waals surface area contributed by atoms with Gasteiger partial charge in [-0.15, -0.1) is 0 Å². The first-order valence-corrected chi connectivity index (χ1v) is 6.67. The molecule has 1 unspecified atom stereocenters. The Kier molecular flexibility index (Phi) is 3.68. The van der Waals surface area contributed by atoms with Crippen LogP contribution in [0.25, 0.3) is 0 Å². The van der Waals surface area contributed by atoms with Gasteiger partial charge in [-0.2, -0.15) is 0 Å². The van der Waals surface area contributed by atoms with Crippen LogP contribution in [0.5, 0.6) is 0 Å². The van der Waals surface area contributed by atoms with E-state index < -0.39 is 5.60 Å². The highest BCUT2D eigenvalue weighted by Crippen LogP contribution is 2.36. The molecule has 0 aromatic carbocycles. The summed E-state index contributed by atoms with van der Waals surface area (Å²) in [5, 5.41) is 14.2. The lowest BCUT2D eigenvalue weighted by molar-refractivity contribution is -0.0541. The Bertz CT molecular complexity index is 171. The Morgan fingerprint density at radius 1 is 1.00 bits per heavy atom. The Morgan fingerprint density at radius 3 is 2.27 bits per heavy atom. The van der Waals surface area contributed by atoms with Gasteiger partial charge in [-0.25, -0.2) is 0 Å². The zero-order valence-electron chi connectivity index (χ0n) is 9.97. The number of aliphatic hydroxyl groups is 1. The minimum Gasteiger partial charge on any atom is -0.388 e. The molecule has 1 aliphatic heterocycles. The van der Waals surface area contributed by atoms with E-state index >= 15 is 0 Å². The Labute approximate surface area is 93.5 Å². The van der Waals surface area contributed by atoms with Gasteiger partial charge < -0.3 is 10.4 Å². The quantitative estimate of drug-likeness (QED) is 0.735. The van der Waals surface area contributed by atoms with Gasteiger partial charge in [-0.3, -0.25) is 0 Å². The van der Waals surface area contributed by atoms with Gasteiger partial charge in [0, 0.05) is 6.04 Å². The lowest BCUT2D eigenvalue weighted by atomic mass is 9.72. The fourth-order valence-corrected chi connectivity index (χ4v) is 3.32. The molecule has 1 aliphatic carbocycles. The zero-order valence-corrected chi connectivity index (χ0v) is 9.97. The number of hydrogen-bond donors (Lipinski definition) is 2. The van der Waals surface area contributed by atoms with Crippen molar-refractivity contribution in [2.45, 2.75) is 69.9 Å². The molecule has 1 saturated carbocycles. The Balaban J connectivity index is 1.96. The minimum absolute atomic E-state index is 0.342. The van der Waals surface area contributed by atoms with Gasteiger partial charge in [-0.05, 0) is 45.1 Å². The third kappa shape index (κ3) is 2.54.